The minimum absolute atomic E-state index is 0.258. The number of nitrogens with one attached hydrogen (secondary N) is 1. The summed E-state index contributed by atoms with van der Waals surface area (Å²) in [5.41, 5.74) is 1.69. The van der Waals surface area contributed by atoms with Crippen molar-refractivity contribution in [1.29, 1.82) is 0 Å². The van der Waals surface area contributed by atoms with Crippen molar-refractivity contribution in [3.05, 3.63) is 54.7 Å². The molecule has 3 rings (SSSR count). The van der Waals surface area contributed by atoms with E-state index >= 15 is 0 Å². The van der Waals surface area contributed by atoms with Crippen LogP contribution in [0.5, 0.6) is 0 Å². The first kappa shape index (κ1) is 15.7. The summed E-state index contributed by atoms with van der Waals surface area (Å²) in [7, 11) is 0. The number of benzene rings is 1. The van der Waals surface area contributed by atoms with Crippen LogP contribution >= 0.6 is 0 Å². The number of hydrogen-bond donors (Lipinski definition) is 1. The summed E-state index contributed by atoms with van der Waals surface area (Å²) in [6, 6.07) is 8.36. The van der Waals surface area contributed by atoms with Crippen molar-refractivity contribution in [2.24, 2.45) is 0 Å². The number of oxazole rings is 1. The highest BCUT2D eigenvalue weighted by Crippen LogP contribution is 2.19. The van der Waals surface area contributed by atoms with Gasteiger partial charge in [-0.3, -0.25) is 9.78 Å². The summed E-state index contributed by atoms with van der Waals surface area (Å²) in [4.78, 5) is 32.6. The van der Waals surface area contributed by atoms with Gasteiger partial charge in [-0.1, -0.05) is 13.0 Å². The molecule has 0 saturated heterocycles. The highest BCUT2D eigenvalue weighted by molar-refractivity contribution is 6.03. The maximum absolute atomic E-state index is 12.4. The van der Waals surface area contributed by atoms with E-state index in [1.807, 2.05) is 0 Å². The van der Waals surface area contributed by atoms with Gasteiger partial charge in [0.1, 0.15) is 5.52 Å². The Morgan fingerprint density at radius 2 is 2.17 bits per heavy atom. The number of fused-ring (bicyclic) bond motifs is 1. The van der Waals surface area contributed by atoms with Gasteiger partial charge in [0, 0.05) is 6.20 Å². The van der Waals surface area contributed by atoms with Crippen LogP contribution in [0.1, 0.15) is 23.7 Å². The van der Waals surface area contributed by atoms with Crippen LogP contribution in [0.2, 0.25) is 0 Å². The fourth-order valence-corrected chi connectivity index (χ4v) is 2.23. The van der Waals surface area contributed by atoms with E-state index in [2.05, 4.69) is 15.3 Å². The first-order valence-corrected chi connectivity index (χ1v) is 7.43. The number of amides is 1. The van der Waals surface area contributed by atoms with Crippen LogP contribution in [-0.2, 0) is 9.53 Å². The molecule has 2 aromatic heterocycles. The largest absolute Gasteiger partial charge is 0.449 e. The smallest absolute Gasteiger partial charge is 0.341 e. The van der Waals surface area contributed by atoms with Crippen molar-refractivity contribution in [2.45, 2.75) is 19.4 Å². The summed E-state index contributed by atoms with van der Waals surface area (Å²) < 4.78 is 10.5. The Labute approximate surface area is 137 Å². The van der Waals surface area contributed by atoms with E-state index in [1.165, 1.54) is 12.6 Å². The van der Waals surface area contributed by atoms with Gasteiger partial charge in [-0.25, -0.2) is 9.78 Å². The number of hydrogen-bond acceptors (Lipinski definition) is 6. The number of ether oxygens (including phenoxy) is 1. The molecule has 0 spiro atoms. The molecule has 1 atom stereocenters. The van der Waals surface area contributed by atoms with Crippen LogP contribution < -0.4 is 5.32 Å². The number of rotatable bonds is 5. The maximum atomic E-state index is 12.4. The molecule has 3 aromatic rings. The lowest BCUT2D eigenvalue weighted by atomic mass is 10.2. The monoisotopic (exact) mass is 325 g/mol. The Kier molecular flexibility index (Phi) is 4.51. The predicted octanol–water partition coefficient (Wildman–Crippen LogP) is 2.80. The molecular formula is C17H15N3O4. The normalized spacial score (nSPS) is 11.9. The first-order chi connectivity index (χ1) is 11.7. The molecule has 1 N–H and O–H groups in total. The summed E-state index contributed by atoms with van der Waals surface area (Å²) in [6.07, 6.45) is 3.80. The van der Waals surface area contributed by atoms with Gasteiger partial charge < -0.3 is 14.5 Å². The summed E-state index contributed by atoms with van der Waals surface area (Å²) in [5, 5.41) is 2.67. The summed E-state index contributed by atoms with van der Waals surface area (Å²) in [6.45, 7) is 1.76. The van der Waals surface area contributed by atoms with Gasteiger partial charge >= 0.3 is 5.97 Å². The van der Waals surface area contributed by atoms with Gasteiger partial charge in [-0.05, 0) is 30.7 Å². The molecule has 0 aliphatic heterocycles. The summed E-state index contributed by atoms with van der Waals surface area (Å²) >= 11 is 0. The average molecular weight is 325 g/mol. The zero-order valence-electron chi connectivity index (χ0n) is 12.9. The van der Waals surface area contributed by atoms with Crippen molar-refractivity contribution in [3.8, 4) is 0 Å². The lowest BCUT2D eigenvalue weighted by Crippen LogP contribution is -2.32. The third-order valence-corrected chi connectivity index (χ3v) is 3.42. The number of nitrogens with zero attached hydrogens (tertiary/aromatic N) is 2. The first-order valence-electron chi connectivity index (χ1n) is 7.43. The quantitative estimate of drug-likeness (QED) is 0.725. The number of esters is 1. The fraction of sp³-hybridized carbons (Fsp3) is 0.176. The fourth-order valence-electron chi connectivity index (χ4n) is 2.23. The Balaban J connectivity index is 1.74. The van der Waals surface area contributed by atoms with E-state index in [0.717, 1.165) is 0 Å². The lowest BCUT2D eigenvalue weighted by molar-refractivity contribution is -0.124. The van der Waals surface area contributed by atoms with Crippen LogP contribution in [0.15, 0.2) is 53.5 Å². The topological polar surface area (TPSA) is 94.3 Å². The molecule has 122 valence electrons. The van der Waals surface area contributed by atoms with E-state index in [4.69, 9.17) is 9.15 Å². The van der Waals surface area contributed by atoms with Crippen molar-refractivity contribution < 1.29 is 18.7 Å². The number of para-hydroxylation sites is 1. The maximum Gasteiger partial charge on any atom is 0.341 e. The van der Waals surface area contributed by atoms with Crippen molar-refractivity contribution in [3.63, 3.8) is 0 Å². The van der Waals surface area contributed by atoms with Crippen molar-refractivity contribution in [2.75, 3.05) is 5.32 Å². The molecule has 24 heavy (non-hydrogen) atoms. The van der Waals surface area contributed by atoms with Gasteiger partial charge in [-0.15, -0.1) is 0 Å². The Hall–Kier alpha value is -3.22. The molecule has 0 fully saturated rings. The van der Waals surface area contributed by atoms with Crippen molar-refractivity contribution >= 4 is 28.7 Å². The van der Waals surface area contributed by atoms with E-state index in [1.54, 1.807) is 43.5 Å². The highest BCUT2D eigenvalue weighted by Gasteiger charge is 2.24. The van der Waals surface area contributed by atoms with E-state index < -0.39 is 18.0 Å². The van der Waals surface area contributed by atoms with Gasteiger partial charge in [-0.2, -0.15) is 0 Å². The number of carbonyl (C=O) groups is 2. The molecule has 0 bridgehead atoms. The molecule has 0 radical (unpaired) electrons. The molecule has 2 heterocycles. The number of pyridine rings is 1. The molecule has 0 aliphatic rings. The molecule has 1 unspecified atom stereocenters. The van der Waals surface area contributed by atoms with Crippen LogP contribution in [-0.4, -0.2) is 27.9 Å². The number of carbonyl (C=O) groups excluding carboxylic acids is 2. The van der Waals surface area contributed by atoms with E-state index in [0.29, 0.717) is 23.2 Å². The lowest BCUT2D eigenvalue weighted by Gasteiger charge is -2.16. The van der Waals surface area contributed by atoms with Crippen LogP contribution in [0.3, 0.4) is 0 Å². The van der Waals surface area contributed by atoms with Gasteiger partial charge in [0.15, 0.2) is 18.1 Å². The zero-order valence-corrected chi connectivity index (χ0v) is 12.9. The Bertz CT molecular complexity index is 860. The van der Waals surface area contributed by atoms with Crippen LogP contribution in [0, 0.1) is 0 Å². The molecule has 7 heteroatoms. The molecule has 0 saturated carbocycles. The van der Waals surface area contributed by atoms with E-state index in [-0.39, 0.29) is 5.56 Å². The second-order valence-corrected chi connectivity index (χ2v) is 5.04. The van der Waals surface area contributed by atoms with Gasteiger partial charge in [0.05, 0.1) is 17.4 Å². The second-order valence-electron chi connectivity index (χ2n) is 5.04. The van der Waals surface area contributed by atoms with Gasteiger partial charge in [0.25, 0.3) is 5.91 Å². The molecular weight excluding hydrogens is 310 g/mol. The minimum Gasteiger partial charge on any atom is -0.449 e. The standard InChI is InChI=1S/C17H15N3O4/c1-2-13(16(21)20-11-5-4-8-18-9-11)24-17(22)12-6-3-7-14-15(12)19-10-23-14/h3-10,13H,2H2,1H3,(H,20,21). The van der Waals surface area contributed by atoms with Gasteiger partial charge in [0.2, 0.25) is 0 Å². The summed E-state index contributed by atoms with van der Waals surface area (Å²) in [5.74, 6) is -1.03. The van der Waals surface area contributed by atoms with Crippen LogP contribution in [0.25, 0.3) is 11.1 Å². The van der Waals surface area contributed by atoms with Crippen molar-refractivity contribution in [1.82, 2.24) is 9.97 Å². The SMILES string of the molecule is CCC(OC(=O)c1cccc2ocnc12)C(=O)Nc1cccnc1. The van der Waals surface area contributed by atoms with E-state index in [9.17, 15) is 9.59 Å². The minimum atomic E-state index is -0.917. The average Bonchev–Trinajstić information content (AvgIpc) is 3.08. The Morgan fingerprint density at radius 1 is 1.29 bits per heavy atom. The molecule has 7 nitrogen and oxygen atoms in total. The van der Waals surface area contributed by atoms with Crippen LogP contribution in [0.4, 0.5) is 5.69 Å². The molecule has 1 amide bonds. The number of anilines is 1. The number of aromatic nitrogens is 2. The highest BCUT2D eigenvalue weighted by atomic mass is 16.5. The zero-order chi connectivity index (χ0) is 16.9. The second kappa shape index (κ2) is 6.91. The Morgan fingerprint density at radius 3 is 2.92 bits per heavy atom. The predicted molar refractivity (Wildman–Crippen MR) is 86.4 cm³/mol. The molecule has 1 aromatic carbocycles. The third-order valence-electron chi connectivity index (χ3n) is 3.42. The molecule has 0 aliphatic carbocycles. The third kappa shape index (κ3) is 3.24.